The van der Waals surface area contributed by atoms with Gasteiger partial charge in [0, 0.05) is 0 Å². The van der Waals surface area contributed by atoms with E-state index in [1.807, 2.05) is 6.92 Å². The lowest BCUT2D eigenvalue weighted by Crippen LogP contribution is -2.40. The summed E-state index contributed by atoms with van der Waals surface area (Å²) >= 11 is 1.17. The number of carboxylic acid groups (broad SMARTS) is 1. The number of aromatic nitrogens is 1. The molecular formula is C31H32N2O9S. The Labute approximate surface area is 251 Å². The Hall–Kier alpha value is -4.84. The summed E-state index contributed by atoms with van der Waals surface area (Å²) in [5.74, 6) is -0.173. The summed E-state index contributed by atoms with van der Waals surface area (Å²) in [5.41, 5.74) is 1.54. The molecule has 0 amide bonds. The lowest BCUT2D eigenvalue weighted by Gasteiger charge is -2.25. The van der Waals surface area contributed by atoms with E-state index in [4.69, 9.17) is 28.8 Å². The van der Waals surface area contributed by atoms with Crippen molar-refractivity contribution in [1.82, 2.24) is 4.57 Å². The van der Waals surface area contributed by atoms with Gasteiger partial charge in [-0.25, -0.2) is 14.6 Å². The number of thiazole rings is 1. The van der Waals surface area contributed by atoms with Gasteiger partial charge in [0.25, 0.3) is 5.56 Å². The van der Waals surface area contributed by atoms with Gasteiger partial charge in [-0.05, 0) is 62.2 Å². The van der Waals surface area contributed by atoms with Crippen molar-refractivity contribution in [1.29, 1.82) is 0 Å². The predicted octanol–water partition coefficient (Wildman–Crippen LogP) is 3.23. The number of aliphatic carboxylic acids is 1. The Bertz CT molecular complexity index is 1750. The van der Waals surface area contributed by atoms with E-state index in [1.54, 1.807) is 62.4 Å². The monoisotopic (exact) mass is 608 g/mol. The van der Waals surface area contributed by atoms with E-state index >= 15 is 0 Å². The number of esters is 1. The number of nitrogens with zero attached hydrogens (tertiary/aromatic N) is 2. The van der Waals surface area contributed by atoms with Gasteiger partial charge in [-0.2, -0.15) is 0 Å². The van der Waals surface area contributed by atoms with Gasteiger partial charge in [0.05, 0.1) is 42.2 Å². The molecule has 0 unspecified atom stereocenters. The number of rotatable bonds is 13. The van der Waals surface area contributed by atoms with Gasteiger partial charge in [-0.1, -0.05) is 36.1 Å². The molecule has 1 aliphatic rings. The van der Waals surface area contributed by atoms with Crippen LogP contribution in [0.25, 0.3) is 6.08 Å². The van der Waals surface area contributed by atoms with E-state index in [0.717, 1.165) is 0 Å². The Kier molecular flexibility index (Phi) is 10.0. The number of fused-ring (bicyclic) bond motifs is 1. The third-order valence-electron chi connectivity index (χ3n) is 6.29. The Balaban J connectivity index is 1.87. The van der Waals surface area contributed by atoms with Crippen molar-refractivity contribution < 1.29 is 38.4 Å². The number of hydrogen-bond acceptors (Lipinski definition) is 10. The van der Waals surface area contributed by atoms with Crippen LogP contribution in [-0.2, 0) is 14.3 Å². The molecule has 1 aliphatic heterocycles. The molecule has 2 heterocycles. The van der Waals surface area contributed by atoms with Crippen LogP contribution in [0.1, 0.15) is 37.9 Å². The molecule has 0 aliphatic carbocycles. The number of methoxy groups -OCH3 is 1. The minimum absolute atomic E-state index is 0.152. The smallest absolute Gasteiger partial charge is 0.341 e. The third kappa shape index (κ3) is 6.81. The molecule has 0 saturated heterocycles. The van der Waals surface area contributed by atoms with Crippen LogP contribution in [0.15, 0.2) is 70.1 Å². The van der Waals surface area contributed by atoms with Crippen LogP contribution >= 0.6 is 11.3 Å². The molecule has 11 nitrogen and oxygen atoms in total. The zero-order chi connectivity index (χ0) is 31.1. The van der Waals surface area contributed by atoms with Crippen LogP contribution in [0.3, 0.4) is 0 Å². The van der Waals surface area contributed by atoms with Gasteiger partial charge >= 0.3 is 11.9 Å². The maximum Gasteiger partial charge on any atom is 0.341 e. The molecule has 0 bridgehead atoms. The minimum atomic E-state index is -1.12. The molecule has 1 aromatic heterocycles. The number of allylic oxidation sites excluding steroid dienone is 1. The van der Waals surface area contributed by atoms with Crippen LogP contribution in [0.2, 0.25) is 0 Å². The van der Waals surface area contributed by atoms with Crippen LogP contribution in [-0.4, -0.2) is 55.1 Å². The SMILES string of the molecule is C=CCOc1ccc([C@H]2C(C(=O)OCC)=C(C)N=c3s/c(=C/c4ccc(OCC(=O)O)c(OC)c4)c(=O)n32)cc1OCC. The second kappa shape index (κ2) is 13.9. The lowest BCUT2D eigenvalue weighted by atomic mass is 9.95. The first-order chi connectivity index (χ1) is 20.7. The van der Waals surface area contributed by atoms with Crippen molar-refractivity contribution in [2.24, 2.45) is 4.99 Å². The number of ether oxygens (including phenoxy) is 5. The summed E-state index contributed by atoms with van der Waals surface area (Å²) in [6, 6.07) is 9.31. The van der Waals surface area contributed by atoms with Crippen LogP contribution < -0.4 is 33.8 Å². The molecule has 0 spiro atoms. The first-order valence-corrected chi connectivity index (χ1v) is 14.3. The van der Waals surface area contributed by atoms with Gasteiger partial charge in [0.1, 0.15) is 6.61 Å². The number of carbonyl (C=O) groups is 2. The molecule has 0 saturated carbocycles. The Morgan fingerprint density at radius 1 is 1.05 bits per heavy atom. The highest BCUT2D eigenvalue weighted by atomic mass is 32.1. The van der Waals surface area contributed by atoms with Crippen molar-refractivity contribution in [2.75, 3.05) is 33.5 Å². The molecule has 1 atom stereocenters. The maximum atomic E-state index is 14.0. The standard InChI is InChI=1S/C31H32N2O9S/c1-6-13-41-22-12-10-20(16-24(22)39-7-2)28-27(30(37)40-8-3)18(4)32-31-33(28)29(36)25(43-31)15-19-9-11-21(23(14-19)38-5)42-17-26(34)35/h6,9-12,14-16,28H,1,7-8,13,17H2,2-5H3,(H,34,35)/b25-15+/t28-/m0/s1. The van der Waals surface area contributed by atoms with Crippen molar-refractivity contribution in [3.63, 3.8) is 0 Å². The van der Waals surface area contributed by atoms with Crippen molar-refractivity contribution in [2.45, 2.75) is 26.8 Å². The lowest BCUT2D eigenvalue weighted by molar-refractivity contribution is -0.140. The molecular weight excluding hydrogens is 576 g/mol. The van der Waals surface area contributed by atoms with Gasteiger partial charge < -0.3 is 28.8 Å². The largest absolute Gasteiger partial charge is 0.493 e. The number of benzene rings is 2. The highest BCUT2D eigenvalue weighted by Crippen LogP contribution is 2.36. The molecule has 43 heavy (non-hydrogen) atoms. The Morgan fingerprint density at radius 3 is 2.47 bits per heavy atom. The second-order valence-corrected chi connectivity index (χ2v) is 10.1. The number of hydrogen-bond donors (Lipinski definition) is 1. The molecule has 0 radical (unpaired) electrons. The Morgan fingerprint density at radius 2 is 1.79 bits per heavy atom. The summed E-state index contributed by atoms with van der Waals surface area (Å²) in [5, 5.41) is 8.93. The van der Waals surface area contributed by atoms with Crippen molar-refractivity contribution in [3.8, 4) is 23.0 Å². The van der Waals surface area contributed by atoms with E-state index < -0.39 is 24.6 Å². The topological polar surface area (TPSA) is 135 Å². The average molecular weight is 609 g/mol. The second-order valence-electron chi connectivity index (χ2n) is 9.13. The molecule has 226 valence electrons. The molecule has 0 fully saturated rings. The normalized spacial score (nSPS) is 14.4. The van der Waals surface area contributed by atoms with E-state index in [9.17, 15) is 14.4 Å². The number of carbonyl (C=O) groups excluding carboxylic acids is 1. The summed E-state index contributed by atoms with van der Waals surface area (Å²) in [6.07, 6.45) is 3.30. The highest BCUT2D eigenvalue weighted by Gasteiger charge is 2.34. The predicted molar refractivity (Wildman–Crippen MR) is 160 cm³/mol. The molecule has 3 aromatic rings. The third-order valence-corrected chi connectivity index (χ3v) is 7.28. The summed E-state index contributed by atoms with van der Waals surface area (Å²) in [4.78, 5) is 43.1. The number of carboxylic acids is 1. The molecule has 2 aromatic carbocycles. The van der Waals surface area contributed by atoms with Gasteiger partial charge in [-0.15, -0.1) is 0 Å². The maximum absolute atomic E-state index is 14.0. The zero-order valence-electron chi connectivity index (χ0n) is 24.2. The molecule has 4 rings (SSSR count). The van der Waals surface area contributed by atoms with Crippen molar-refractivity contribution in [3.05, 3.63) is 91.1 Å². The van der Waals surface area contributed by atoms with Crippen LogP contribution in [0, 0.1) is 0 Å². The van der Waals surface area contributed by atoms with E-state index in [1.165, 1.54) is 23.0 Å². The summed E-state index contributed by atoms with van der Waals surface area (Å²) in [6.45, 7) is 9.23. The average Bonchev–Trinajstić information content (AvgIpc) is 3.28. The van der Waals surface area contributed by atoms with E-state index in [2.05, 4.69) is 11.6 Å². The van der Waals surface area contributed by atoms with Crippen LogP contribution in [0.5, 0.6) is 23.0 Å². The fourth-order valence-corrected chi connectivity index (χ4v) is 5.57. The summed E-state index contributed by atoms with van der Waals surface area (Å²) < 4.78 is 29.5. The van der Waals surface area contributed by atoms with Gasteiger partial charge in [0.2, 0.25) is 0 Å². The fraction of sp³-hybridized carbons (Fsp3) is 0.290. The zero-order valence-corrected chi connectivity index (χ0v) is 25.1. The van der Waals surface area contributed by atoms with E-state index in [0.29, 0.717) is 50.0 Å². The molecule has 12 heteroatoms. The fourth-order valence-electron chi connectivity index (χ4n) is 4.52. The molecule has 1 N–H and O–H groups in total. The van der Waals surface area contributed by atoms with Crippen molar-refractivity contribution >= 4 is 29.4 Å². The van der Waals surface area contributed by atoms with Gasteiger partial charge in [-0.3, -0.25) is 9.36 Å². The first kappa shape index (κ1) is 31.1. The quantitative estimate of drug-likeness (QED) is 0.229. The van der Waals surface area contributed by atoms with E-state index in [-0.39, 0.29) is 30.1 Å². The van der Waals surface area contributed by atoms with Crippen LogP contribution in [0.4, 0.5) is 0 Å². The van der Waals surface area contributed by atoms with Gasteiger partial charge in [0.15, 0.2) is 34.4 Å². The minimum Gasteiger partial charge on any atom is -0.493 e. The first-order valence-electron chi connectivity index (χ1n) is 13.4. The highest BCUT2D eigenvalue weighted by molar-refractivity contribution is 7.07. The summed E-state index contributed by atoms with van der Waals surface area (Å²) in [7, 11) is 1.44.